The summed E-state index contributed by atoms with van der Waals surface area (Å²) in [6.45, 7) is 11.7. The average molecular weight is 357 g/mol. The van der Waals surface area contributed by atoms with Crippen LogP contribution < -0.4 is 5.73 Å². The first kappa shape index (κ1) is 22.0. The number of carbonyl (C=O) groups is 2. The Morgan fingerprint density at radius 2 is 1.73 bits per heavy atom. The second-order valence-electron chi connectivity index (χ2n) is 8.27. The molecule has 0 radical (unpaired) electrons. The predicted octanol–water partition coefficient (Wildman–Crippen LogP) is 3.71. The van der Waals surface area contributed by atoms with Gasteiger partial charge in [0.05, 0.1) is 0 Å². The van der Waals surface area contributed by atoms with Gasteiger partial charge >= 0.3 is 0 Å². The first-order chi connectivity index (χ1) is 11.9. The molecule has 26 heavy (non-hydrogen) atoms. The van der Waals surface area contributed by atoms with Gasteiger partial charge in [-0.15, -0.1) is 0 Å². The summed E-state index contributed by atoms with van der Waals surface area (Å²) in [5.74, 6) is -0.834. The number of carbonyl (C=O) groups excluding carboxylic acids is 2. The topological polar surface area (TPSA) is 80.4 Å². The Bertz CT molecular complexity index is 718. The summed E-state index contributed by atoms with van der Waals surface area (Å²) in [6, 6.07) is 0. The molecule has 5 heteroatoms. The first-order valence-corrected chi connectivity index (χ1v) is 9.19. The molecule has 1 rings (SSSR count). The van der Waals surface area contributed by atoms with Crippen molar-refractivity contribution in [3.8, 4) is 0 Å². The van der Waals surface area contributed by atoms with Crippen molar-refractivity contribution in [2.45, 2.75) is 66.1 Å². The van der Waals surface area contributed by atoms with Crippen LogP contribution in [-0.2, 0) is 9.59 Å². The molecule has 1 aliphatic rings. The maximum absolute atomic E-state index is 13.2. The van der Waals surface area contributed by atoms with Crippen molar-refractivity contribution in [3.63, 3.8) is 0 Å². The third-order valence-electron chi connectivity index (χ3n) is 4.68. The van der Waals surface area contributed by atoms with Gasteiger partial charge in [0.2, 0.25) is 0 Å². The van der Waals surface area contributed by atoms with E-state index in [0.29, 0.717) is 24.1 Å². The minimum atomic E-state index is -1.02. The van der Waals surface area contributed by atoms with Crippen LogP contribution in [0.3, 0.4) is 0 Å². The molecule has 0 aromatic heterocycles. The van der Waals surface area contributed by atoms with Gasteiger partial charge in [-0.2, -0.15) is 0 Å². The Labute approximate surface area is 158 Å². The van der Waals surface area contributed by atoms with E-state index in [1.807, 2.05) is 53.7 Å². The molecule has 0 aliphatic heterocycles. The maximum Gasteiger partial charge on any atom is 0.174 e. The molecule has 0 aromatic rings. The molecule has 0 heterocycles. The molecule has 0 spiro atoms. The summed E-state index contributed by atoms with van der Waals surface area (Å²) in [5, 5.41) is 9.71. The molecule has 1 atom stereocenters. The molecule has 1 unspecified atom stereocenters. The van der Waals surface area contributed by atoms with E-state index >= 15 is 0 Å². The van der Waals surface area contributed by atoms with E-state index in [1.54, 1.807) is 7.85 Å². The zero-order valence-electron chi connectivity index (χ0n) is 17.2. The van der Waals surface area contributed by atoms with E-state index in [9.17, 15) is 14.7 Å². The SMILES string of the molecule is BC1(CC=C(C)C)C(=O)C(C(=O)CC(C)C)=C(O)C(CC=C(C)C)=C1N. The Balaban J connectivity index is 3.57. The van der Waals surface area contributed by atoms with Crippen molar-refractivity contribution in [1.82, 2.24) is 0 Å². The van der Waals surface area contributed by atoms with Crippen molar-refractivity contribution in [2.24, 2.45) is 11.7 Å². The number of hydrogen-bond donors (Lipinski definition) is 2. The highest BCUT2D eigenvalue weighted by Crippen LogP contribution is 2.46. The zero-order chi connectivity index (χ0) is 20.2. The van der Waals surface area contributed by atoms with Crippen LogP contribution in [0, 0.1) is 5.92 Å². The molecular formula is C21H32BNO3. The lowest BCUT2D eigenvalue weighted by atomic mass is 9.56. The Hall–Kier alpha value is -2.04. The summed E-state index contributed by atoms with van der Waals surface area (Å²) in [6.07, 6.45) is 4.93. The number of rotatable bonds is 7. The van der Waals surface area contributed by atoms with Gasteiger partial charge in [-0.25, -0.2) is 0 Å². The molecule has 142 valence electrons. The fraction of sp³-hybridized carbons (Fsp3) is 0.524. The fourth-order valence-electron chi connectivity index (χ4n) is 2.97. The Morgan fingerprint density at radius 3 is 2.19 bits per heavy atom. The van der Waals surface area contributed by atoms with Gasteiger partial charge in [0.1, 0.15) is 19.2 Å². The van der Waals surface area contributed by atoms with Crippen molar-refractivity contribution in [3.05, 3.63) is 45.9 Å². The molecule has 0 bridgehead atoms. The standard InChI is InChI=1S/C21H32BNO3/c1-12(2)7-8-15-18(25)17(16(24)11-14(5)6)20(26)21(22,19(15)23)10-9-13(3)4/h7,9,14,25H,8,10-11,22-23H2,1-6H3. The lowest BCUT2D eigenvalue weighted by molar-refractivity contribution is -0.123. The smallest absolute Gasteiger partial charge is 0.174 e. The highest BCUT2D eigenvalue weighted by atomic mass is 16.3. The monoisotopic (exact) mass is 357 g/mol. The fourth-order valence-corrected chi connectivity index (χ4v) is 2.97. The molecule has 0 amide bonds. The number of nitrogens with two attached hydrogens (primary N) is 1. The van der Waals surface area contributed by atoms with Crippen molar-refractivity contribution >= 4 is 19.4 Å². The Morgan fingerprint density at radius 1 is 1.19 bits per heavy atom. The van der Waals surface area contributed by atoms with Crippen LogP contribution in [-0.4, -0.2) is 24.5 Å². The Kier molecular flexibility index (Phi) is 7.25. The third kappa shape index (κ3) is 4.77. The van der Waals surface area contributed by atoms with Crippen molar-refractivity contribution in [2.75, 3.05) is 0 Å². The van der Waals surface area contributed by atoms with E-state index in [1.165, 1.54) is 0 Å². The van der Waals surface area contributed by atoms with Gasteiger partial charge in [-0.1, -0.05) is 37.1 Å². The van der Waals surface area contributed by atoms with Gasteiger partial charge in [-0.3, -0.25) is 9.59 Å². The van der Waals surface area contributed by atoms with Crippen molar-refractivity contribution < 1.29 is 14.7 Å². The lowest BCUT2D eigenvalue weighted by Gasteiger charge is -2.35. The molecule has 1 aliphatic carbocycles. The normalized spacial score (nSPS) is 20.5. The van der Waals surface area contributed by atoms with Crippen LogP contribution in [0.5, 0.6) is 0 Å². The molecule has 0 saturated carbocycles. The average Bonchev–Trinajstić information content (AvgIpc) is 2.50. The second-order valence-corrected chi connectivity index (χ2v) is 8.27. The number of allylic oxidation sites excluding steroid dienone is 7. The summed E-state index contributed by atoms with van der Waals surface area (Å²) in [5.41, 5.74) is 9.28. The number of hydrogen-bond acceptors (Lipinski definition) is 4. The zero-order valence-corrected chi connectivity index (χ0v) is 17.2. The van der Waals surface area contributed by atoms with Crippen LogP contribution in [0.1, 0.15) is 60.8 Å². The van der Waals surface area contributed by atoms with Gasteiger partial charge < -0.3 is 10.8 Å². The number of aliphatic hydroxyl groups is 1. The molecule has 3 N–H and O–H groups in total. The van der Waals surface area contributed by atoms with Crippen LogP contribution in [0.4, 0.5) is 0 Å². The number of aliphatic hydroxyl groups excluding tert-OH is 1. The highest BCUT2D eigenvalue weighted by molar-refractivity contribution is 6.40. The quantitative estimate of drug-likeness (QED) is 0.413. The summed E-state index contributed by atoms with van der Waals surface area (Å²) in [4.78, 5) is 25.9. The van der Waals surface area contributed by atoms with Crippen LogP contribution in [0.15, 0.2) is 45.9 Å². The summed E-state index contributed by atoms with van der Waals surface area (Å²) < 4.78 is 0. The van der Waals surface area contributed by atoms with Gasteiger partial charge in [0, 0.05) is 23.0 Å². The maximum atomic E-state index is 13.2. The minimum absolute atomic E-state index is 0.0882. The molecule has 0 aromatic carbocycles. The second kappa shape index (κ2) is 8.57. The van der Waals surface area contributed by atoms with E-state index in [2.05, 4.69) is 0 Å². The van der Waals surface area contributed by atoms with Gasteiger partial charge in [0.15, 0.2) is 11.6 Å². The van der Waals surface area contributed by atoms with Gasteiger partial charge in [0.25, 0.3) is 0 Å². The molecule has 0 saturated heterocycles. The lowest BCUT2D eigenvalue weighted by Crippen LogP contribution is -2.39. The molecule has 4 nitrogen and oxygen atoms in total. The number of Topliss-reactive ketones (excluding diaryl/α,β-unsaturated/α-hetero) is 2. The van der Waals surface area contributed by atoms with Crippen LogP contribution in [0.2, 0.25) is 5.31 Å². The predicted molar refractivity (Wildman–Crippen MR) is 110 cm³/mol. The summed E-state index contributed by atoms with van der Waals surface area (Å²) in [7, 11) is 1.77. The highest BCUT2D eigenvalue weighted by Gasteiger charge is 2.45. The molecule has 0 fully saturated rings. The van der Waals surface area contributed by atoms with E-state index < -0.39 is 5.31 Å². The third-order valence-corrected chi connectivity index (χ3v) is 4.68. The largest absolute Gasteiger partial charge is 0.507 e. The van der Waals surface area contributed by atoms with E-state index in [-0.39, 0.29) is 35.2 Å². The summed E-state index contributed by atoms with van der Waals surface area (Å²) >= 11 is 0. The van der Waals surface area contributed by atoms with Crippen molar-refractivity contribution in [1.29, 1.82) is 0 Å². The minimum Gasteiger partial charge on any atom is -0.507 e. The van der Waals surface area contributed by atoms with E-state index in [0.717, 1.165) is 11.1 Å². The number of ketones is 2. The van der Waals surface area contributed by atoms with Gasteiger partial charge in [-0.05, 0) is 46.5 Å². The van der Waals surface area contributed by atoms with E-state index in [4.69, 9.17) is 5.73 Å². The first-order valence-electron chi connectivity index (χ1n) is 9.19. The van der Waals surface area contributed by atoms with Crippen LogP contribution in [0.25, 0.3) is 0 Å². The van der Waals surface area contributed by atoms with Crippen LogP contribution >= 0.6 is 0 Å². The molecular weight excluding hydrogens is 325 g/mol.